The number of nitrogens with one attached hydrogen (secondary N) is 2. The summed E-state index contributed by atoms with van der Waals surface area (Å²) in [5.41, 5.74) is 4.64. The van der Waals surface area contributed by atoms with E-state index in [-0.39, 0.29) is 45.8 Å². The number of carboxylic acid groups (broad SMARTS) is 1. The molecule has 1 aliphatic heterocycles. The molecular formula is C48H52ClFN5O10PS3. The first-order valence-corrected chi connectivity index (χ1v) is 28.0. The summed E-state index contributed by atoms with van der Waals surface area (Å²) in [6, 6.07) is 30.9. The molecule has 0 aliphatic carbocycles. The number of benzene rings is 5. The van der Waals surface area contributed by atoms with Crippen molar-refractivity contribution in [3.8, 4) is 22.4 Å². The number of carbonyl (C=O) groups is 1. The molecule has 2 heterocycles. The van der Waals surface area contributed by atoms with Crippen molar-refractivity contribution in [1.29, 1.82) is 0 Å². The minimum Gasteiger partial charge on any atom is -0.478 e. The van der Waals surface area contributed by atoms with Crippen molar-refractivity contribution in [2.75, 3.05) is 64.6 Å². The van der Waals surface area contributed by atoms with Crippen molar-refractivity contribution in [3.05, 3.63) is 137 Å². The molecule has 5 aromatic carbocycles. The van der Waals surface area contributed by atoms with Crippen molar-refractivity contribution in [2.45, 2.75) is 54.0 Å². The molecule has 0 spiro atoms. The average molecular weight is 1040 g/mol. The van der Waals surface area contributed by atoms with Gasteiger partial charge in [0.2, 0.25) is 0 Å². The van der Waals surface area contributed by atoms with Gasteiger partial charge in [-0.3, -0.25) is 9.25 Å². The first-order valence-electron chi connectivity index (χ1n) is 21.7. The molecule has 21 heteroatoms. The quantitative estimate of drug-likeness (QED) is 0.0378. The van der Waals surface area contributed by atoms with Gasteiger partial charge in [0.25, 0.3) is 10.0 Å². The average Bonchev–Trinajstić information content (AvgIpc) is 3.61. The SMILES string of the molecule is Cc1c(C(=O)O)c(-c2cc(F)cc(N3CCN(c4ccc(NS(=O)(=O)c5ccc(N[C@H](CCOP(=O)(O)O)CSc6ccccc6)c(S(C)(=O)=O)c5)cc4)CC3)c2)c(-c2ccc(Cl)cc2)n1C(C)C. The number of thioether (sulfide) groups is 1. The molecule has 5 N–H and O–H groups in total. The monoisotopic (exact) mass is 1040 g/mol. The maximum atomic E-state index is 15.6. The highest BCUT2D eigenvalue weighted by molar-refractivity contribution is 7.99. The van der Waals surface area contributed by atoms with Gasteiger partial charge in [0.15, 0.2) is 9.84 Å². The largest absolute Gasteiger partial charge is 0.478 e. The fraction of sp³-hybridized carbons (Fsp3) is 0.271. The summed E-state index contributed by atoms with van der Waals surface area (Å²) in [7, 11) is -13.0. The Labute approximate surface area is 410 Å². The molecule has 1 aliphatic rings. The van der Waals surface area contributed by atoms with Crippen LogP contribution in [0.25, 0.3) is 22.4 Å². The highest BCUT2D eigenvalue weighted by atomic mass is 35.5. The van der Waals surface area contributed by atoms with Gasteiger partial charge >= 0.3 is 13.8 Å². The number of sulfone groups is 1. The Morgan fingerprint density at radius 2 is 1.49 bits per heavy atom. The molecule has 1 saturated heterocycles. The zero-order valence-electron chi connectivity index (χ0n) is 38.0. The van der Waals surface area contributed by atoms with E-state index in [9.17, 15) is 41.1 Å². The lowest BCUT2D eigenvalue weighted by atomic mass is 9.96. The van der Waals surface area contributed by atoms with Crippen LogP contribution in [-0.2, 0) is 28.9 Å². The lowest BCUT2D eigenvalue weighted by Crippen LogP contribution is -2.46. The predicted octanol–water partition coefficient (Wildman–Crippen LogP) is 9.81. The highest BCUT2D eigenvalue weighted by Gasteiger charge is 2.30. The fourth-order valence-electron chi connectivity index (χ4n) is 8.41. The maximum Gasteiger partial charge on any atom is 0.469 e. The molecule has 6 aromatic rings. The summed E-state index contributed by atoms with van der Waals surface area (Å²) < 4.78 is 89.7. The normalized spacial score (nSPS) is 14.0. The Balaban J connectivity index is 1.05. The number of aromatic nitrogens is 1. The summed E-state index contributed by atoms with van der Waals surface area (Å²) in [6.07, 6.45) is 1.05. The van der Waals surface area contributed by atoms with Gasteiger partial charge in [0, 0.05) is 88.5 Å². The highest BCUT2D eigenvalue weighted by Crippen LogP contribution is 2.43. The maximum absolute atomic E-state index is 15.6. The van der Waals surface area contributed by atoms with E-state index in [1.165, 1.54) is 36.0 Å². The molecule has 0 radical (unpaired) electrons. The molecule has 0 amide bonds. The van der Waals surface area contributed by atoms with E-state index in [0.29, 0.717) is 65.2 Å². The molecular weight excluding hydrogens is 988 g/mol. The zero-order valence-corrected chi connectivity index (χ0v) is 42.1. The first-order chi connectivity index (χ1) is 32.6. The lowest BCUT2D eigenvalue weighted by molar-refractivity contribution is 0.0696. The van der Waals surface area contributed by atoms with Crippen molar-refractivity contribution in [2.24, 2.45) is 0 Å². The number of sulfonamides is 1. The second kappa shape index (κ2) is 21.3. The third kappa shape index (κ3) is 12.7. The van der Waals surface area contributed by atoms with Gasteiger partial charge < -0.3 is 34.6 Å². The van der Waals surface area contributed by atoms with Crippen LogP contribution in [0, 0.1) is 12.7 Å². The minimum atomic E-state index is -4.76. The molecule has 366 valence electrons. The van der Waals surface area contributed by atoms with Gasteiger partial charge in [0.1, 0.15) is 5.82 Å². The number of hydrogen-bond donors (Lipinski definition) is 5. The van der Waals surface area contributed by atoms with E-state index >= 15 is 4.39 Å². The summed E-state index contributed by atoms with van der Waals surface area (Å²) in [6.45, 7) is 7.44. The van der Waals surface area contributed by atoms with Crippen molar-refractivity contribution < 1.29 is 50.0 Å². The van der Waals surface area contributed by atoms with Crippen molar-refractivity contribution in [1.82, 2.24) is 4.57 Å². The molecule has 69 heavy (non-hydrogen) atoms. The molecule has 1 atom stereocenters. The number of phosphoric acid groups is 1. The Bertz CT molecular complexity index is 3090. The number of aromatic carboxylic acids is 1. The van der Waals surface area contributed by atoms with Gasteiger partial charge in [-0.25, -0.2) is 30.6 Å². The molecule has 0 bridgehead atoms. The van der Waals surface area contributed by atoms with E-state index in [1.54, 1.807) is 43.3 Å². The first kappa shape index (κ1) is 51.5. The van der Waals surface area contributed by atoms with Gasteiger partial charge in [-0.1, -0.05) is 41.9 Å². The Hall–Kier alpha value is -5.37. The third-order valence-corrected chi connectivity index (χ3v) is 16.0. The predicted molar refractivity (Wildman–Crippen MR) is 271 cm³/mol. The summed E-state index contributed by atoms with van der Waals surface area (Å²) in [4.78, 5) is 35.7. The molecule has 1 aromatic heterocycles. The Kier molecular flexibility index (Phi) is 15.9. The number of nitrogens with zero attached hydrogens (tertiary/aromatic N) is 3. The second-order valence-electron chi connectivity index (χ2n) is 16.8. The van der Waals surface area contributed by atoms with Gasteiger partial charge in [-0.2, -0.15) is 0 Å². The minimum absolute atomic E-state index is 0.0907. The topological polar surface area (TPSA) is 208 Å². The number of piperazine rings is 1. The summed E-state index contributed by atoms with van der Waals surface area (Å²) in [5.74, 6) is -1.27. The van der Waals surface area contributed by atoms with Crippen LogP contribution in [0.4, 0.5) is 27.1 Å². The van der Waals surface area contributed by atoms with Gasteiger partial charge in [0.05, 0.1) is 33.3 Å². The van der Waals surface area contributed by atoms with E-state index in [2.05, 4.69) is 19.5 Å². The van der Waals surface area contributed by atoms with E-state index in [4.69, 9.17) is 11.6 Å². The van der Waals surface area contributed by atoms with Crippen LogP contribution in [0.15, 0.2) is 130 Å². The third-order valence-electron chi connectivity index (χ3n) is 11.5. The molecule has 1 fully saturated rings. The summed E-state index contributed by atoms with van der Waals surface area (Å²) >= 11 is 7.66. The Morgan fingerprint density at radius 1 is 0.855 bits per heavy atom. The van der Waals surface area contributed by atoms with E-state index in [0.717, 1.165) is 28.5 Å². The fourth-order valence-corrected chi connectivity index (χ4v) is 11.9. The number of phosphoric ester groups is 1. The van der Waals surface area contributed by atoms with E-state index in [1.807, 2.05) is 71.8 Å². The molecule has 7 rings (SSSR count). The number of carboxylic acids is 1. The van der Waals surface area contributed by atoms with Crippen LogP contribution in [-0.4, -0.2) is 93.1 Å². The van der Waals surface area contributed by atoms with Gasteiger partial charge in [-0.15, -0.1) is 11.8 Å². The van der Waals surface area contributed by atoms with Crippen LogP contribution >= 0.6 is 31.2 Å². The zero-order chi connectivity index (χ0) is 49.8. The van der Waals surface area contributed by atoms with Crippen LogP contribution in [0.5, 0.6) is 0 Å². The smallest absolute Gasteiger partial charge is 0.469 e. The Morgan fingerprint density at radius 3 is 2.09 bits per heavy atom. The van der Waals surface area contributed by atoms with Crippen LogP contribution < -0.4 is 19.8 Å². The number of rotatable bonds is 19. The van der Waals surface area contributed by atoms with Crippen LogP contribution in [0.1, 0.15) is 42.4 Å². The summed E-state index contributed by atoms with van der Waals surface area (Å²) in [5, 5.41) is 14.1. The van der Waals surface area contributed by atoms with Gasteiger partial charge in [-0.05, 0) is 123 Å². The van der Waals surface area contributed by atoms with E-state index < -0.39 is 45.5 Å². The van der Waals surface area contributed by atoms with Crippen LogP contribution in [0.2, 0.25) is 5.02 Å². The van der Waals surface area contributed by atoms with Crippen molar-refractivity contribution in [3.63, 3.8) is 0 Å². The molecule has 15 nitrogen and oxygen atoms in total. The second-order valence-corrected chi connectivity index (χ2v) is 23.2. The number of anilines is 4. The standard InChI is InChI=1S/C48H52ClFN5O10PS3/c1-31(2)55-32(3)45(48(56)57)46(47(55)33-10-12-35(49)13-11-33)34-26-36(50)28-40(27-34)54-23-21-53(22-24-54)39-16-14-37(15-17-39)52-69(63,64)42-18-19-43(44(29-42)68(4,61)62)51-38(20-25-65-66(58,59)60)30-67-41-8-6-5-7-9-41/h5-19,26-29,31,38,51-52H,20-25,30H2,1-4H3,(H,56,57)(H2,58,59,60)/t38-/m1/s1. The van der Waals surface area contributed by atoms with Crippen LogP contribution in [0.3, 0.4) is 0 Å². The lowest BCUT2D eigenvalue weighted by Gasteiger charge is -2.37. The number of halogens is 2. The number of hydrogen-bond acceptors (Lipinski definition) is 11. The molecule has 0 unspecified atom stereocenters. The molecule has 0 saturated carbocycles. The van der Waals surface area contributed by atoms with Crippen molar-refractivity contribution >= 4 is 79.8 Å².